The summed E-state index contributed by atoms with van der Waals surface area (Å²) >= 11 is 0. The quantitative estimate of drug-likeness (QED) is 0.863. The number of nitrogens with zero attached hydrogens (tertiary/aromatic N) is 3. The summed E-state index contributed by atoms with van der Waals surface area (Å²) in [5.41, 5.74) is 0.866. The largest absolute Gasteiger partial charge is 0.339 e. The summed E-state index contributed by atoms with van der Waals surface area (Å²) in [4.78, 5) is 39.4. The average Bonchev–Trinajstić information content (AvgIpc) is 3.03. The van der Waals surface area contributed by atoms with Crippen LogP contribution in [-0.4, -0.2) is 58.3 Å². The molecule has 2 heterocycles. The Morgan fingerprint density at radius 2 is 1.50 bits per heavy atom. The molecule has 1 aromatic carbocycles. The van der Waals surface area contributed by atoms with Crippen LogP contribution in [-0.2, 0) is 9.59 Å². The summed E-state index contributed by atoms with van der Waals surface area (Å²) in [6, 6.07) is 9.58. The molecule has 0 atom stereocenters. The van der Waals surface area contributed by atoms with Crippen molar-refractivity contribution in [2.45, 2.75) is 19.8 Å². The molecule has 0 aliphatic carbocycles. The number of fused-ring (bicyclic) bond motifs is 1. The summed E-state index contributed by atoms with van der Waals surface area (Å²) in [5.74, 6) is -0.0632. The zero-order valence-electron chi connectivity index (χ0n) is 13.8. The third-order valence-corrected chi connectivity index (χ3v) is 4.50. The van der Waals surface area contributed by atoms with E-state index >= 15 is 0 Å². The number of aromatic nitrogens is 1. The van der Waals surface area contributed by atoms with Crippen LogP contribution in [0.1, 0.15) is 24.6 Å². The number of carbonyl (C=O) groups is 3. The van der Waals surface area contributed by atoms with Gasteiger partial charge in [0.1, 0.15) is 0 Å². The second kappa shape index (κ2) is 6.86. The van der Waals surface area contributed by atoms with Crippen LogP contribution in [0.2, 0.25) is 0 Å². The minimum absolute atomic E-state index is 0.0250. The number of hydrogen-bond acceptors (Lipinski definition) is 3. The van der Waals surface area contributed by atoms with Crippen molar-refractivity contribution in [3.63, 3.8) is 0 Å². The molecule has 1 fully saturated rings. The Bertz CT molecular complexity index is 773. The maximum Gasteiger partial charge on any atom is 0.231 e. The molecule has 2 aromatic rings. The molecule has 1 aromatic heterocycles. The number of benzene rings is 1. The first-order valence-electron chi connectivity index (χ1n) is 8.19. The fourth-order valence-electron chi connectivity index (χ4n) is 3.06. The molecule has 126 valence electrons. The smallest absolute Gasteiger partial charge is 0.231 e. The Morgan fingerprint density at radius 1 is 0.875 bits per heavy atom. The lowest BCUT2D eigenvalue weighted by Crippen LogP contribution is -2.50. The maximum atomic E-state index is 12.4. The van der Waals surface area contributed by atoms with Gasteiger partial charge in [-0.05, 0) is 12.1 Å². The molecular formula is C18H21N3O3. The van der Waals surface area contributed by atoms with Gasteiger partial charge in [0.25, 0.3) is 0 Å². The van der Waals surface area contributed by atoms with Gasteiger partial charge in [0.05, 0.1) is 5.52 Å². The Labute approximate surface area is 140 Å². The number of para-hydroxylation sites is 1. The summed E-state index contributed by atoms with van der Waals surface area (Å²) < 4.78 is 1.61. The summed E-state index contributed by atoms with van der Waals surface area (Å²) in [6.07, 6.45) is 2.14. The lowest BCUT2D eigenvalue weighted by molar-refractivity contribution is -0.138. The number of carbonyl (C=O) groups excluding carboxylic acids is 3. The monoisotopic (exact) mass is 327 g/mol. The first kappa shape index (κ1) is 16.2. The zero-order valence-corrected chi connectivity index (χ0v) is 13.8. The van der Waals surface area contributed by atoms with E-state index in [1.54, 1.807) is 20.6 Å². The normalized spacial score (nSPS) is 14.9. The van der Waals surface area contributed by atoms with Crippen LogP contribution in [0, 0.1) is 0 Å². The van der Waals surface area contributed by atoms with Crippen LogP contribution in [0.25, 0.3) is 10.9 Å². The Balaban J connectivity index is 1.55. The molecule has 0 N–H and O–H groups in total. The van der Waals surface area contributed by atoms with Gasteiger partial charge >= 0.3 is 0 Å². The van der Waals surface area contributed by atoms with Crippen molar-refractivity contribution in [3.8, 4) is 0 Å². The van der Waals surface area contributed by atoms with Crippen molar-refractivity contribution in [1.29, 1.82) is 0 Å². The SMILES string of the molecule is CC(=O)N1CCN(C(=O)CCC(=O)n2ccc3ccccc32)CC1. The van der Waals surface area contributed by atoms with Crippen LogP contribution < -0.4 is 0 Å². The van der Waals surface area contributed by atoms with Crippen molar-refractivity contribution in [3.05, 3.63) is 36.5 Å². The van der Waals surface area contributed by atoms with E-state index in [-0.39, 0.29) is 30.6 Å². The van der Waals surface area contributed by atoms with Gasteiger partial charge < -0.3 is 9.80 Å². The number of rotatable bonds is 3. The van der Waals surface area contributed by atoms with Crippen LogP contribution in [0.15, 0.2) is 36.5 Å². The van der Waals surface area contributed by atoms with Gasteiger partial charge in [0.15, 0.2) is 0 Å². The minimum atomic E-state index is -0.0769. The summed E-state index contributed by atoms with van der Waals surface area (Å²) in [7, 11) is 0. The molecule has 6 heteroatoms. The molecule has 0 saturated carbocycles. The van der Waals surface area contributed by atoms with Gasteiger partial charge in [0.2, 0.25) is 17.7 Å². The number of hydrogen-bond donors (Lipinski definition) is 0. The van der Waals surface area contributed by atoms with E-state index in [2.05, 4.69) is 0 Å². The molecule has 0 radical (unpaired) electrons. The van der Waals surface area contributed by atoms with Gasteiger partial charge in [-0.3, -0.25) is 19.0 Å². The van der Waals surface area contributed by atoms with Crippen LogP contribution in [0.4, 0.5) is 0 Å². The van der Waals surface area contributed by atoms with Gasteiger partial charge in [0, 0.05) is 57.5 Å². The second-order valence-corrected chi connectivity index (χ2v) is 6.03. The van der Waals surface area contributed by atoms with E-state index in [1.165, 1.54) is 6.92 Å². The van der Waals surface area contributed by atoms with Crippen molar-refractivity contribution >= 4 is 28.6 Å². The Hall–Kier alpha value is -2.63. The topological polar surface area (TPSA) is 62.6 Å². The molecule has 1 aliphatic rings. The summed E-state index contributed by atoms with van der Waals surface area (Å²) in [5, 5.41) is 1.01. The second-order valence-electron chi connectivity index (χ2n) is 6.03. The van der Waals surface area contributed by atoms with Crippen molar-refractivity contribution < 1.29 is 14.4 Å². The van der Waals surface area contributed by atoms with E-state index < -0.39 is 0 Å². The number of piperazine rings is 1. The maximum absolute atomic E-state index is 12.4. The Morgan fingerprint density at radius 3 is 2.21 bits per heavy atom. The van der Waals surface area contributed by atoms with E-state index in [0.29, 0.717) is 26.2 Å². The first-order valence-corrected chi connectivity index (χ1v) is 8.19. The molecule has 0 spiro atoms. The molecule has 6 nitrogen and oxygen atoms in total. The standard InChI is InChI=1S/C18H21N3O3/c1-14(22)19-10-12-20(13-11-19)17(23)6-7-18(24)21-9-8-15-4-2-3-5-16(15)21/h2-5,8-9H,6-7,10-13H2,1H3. The third-order valence-electron chi connectivity index (χ3n) is 4.50. The molecule has 1 saturated heterocycles. The van der Waals surface area contributed by atoms with E-state index in [1.807, 2.05) is 30.3 Å². The number of amides is 2. The lowest BCUT2D eigenvalue weighted by atomic mass is 10.2. The van der Waals surface area contributed by atoms with Crippen LogP contribution in [0.3, 0.4) is 0 Å². The molecule has 3 rings (SSSR count). The fourth-order valence-corrected chi connectivity index (χ4v) is 3.06. The molecule has 0 bridgehead atoms. The molecule has 1 aliphatic heterocycles. The summed E-state index contributed by atoms with van der Waals surface area (Å²) in [6.45, 7) is 3.75. The van der Waals surface area contributed by atoms with Gasteiger partial charge in [-0.25, -0.2) is 0 Å². The van der Waals surface area contributed by atoms with Crippen molar-refractivity contribution in [2.75, 3.05) is 26.2 Å². The highest BCUT2D eigenvalue weighted by molar-refractivity contribution is 5.94. The molecule has 2 amide bonds. The minimum Gasteiger partial charge on any atom is -0.339 e. The predicted octanol–water partition coefficient (Wildman–Crippen LogP) is 1.75. The van der Waals surface area contributed by atoms with Gasteiger partial charge in [-0.1, -0.05) is 18.2 Å². The van der Waals surface area contributed by atoms with E-state index in [9.17, 15) is 14.4 Å². The molecular weight excluding hydrogens is 306 g/mol. The molecule has 0 unspecified atom stereocenters. The van der Waals surface area contributed by atoms with Crippen LogP contribution in [0.5, 0.6) is 0 Å². The average molecular weight is 327 g/mol. The lowest BCUT2D eigenvalue weighted by Gasteiger charge is -2.34. The highest BCUT2D eigenvalue weighted by Gasteiger charge is 2.22. The first-order chi connectivity index (χ1) is 11.6. The van der Waals surface area contributed by atoms with Gasteiger partial charge in [-0.15, -0.1) is 0 Å². The van der Waals surface area contributed by atoms with Crippen molar-refractivity contribution in [2.24, 2.45) is 0 Å². The van der Waals surface area contributed by atoms with Gasteiger partial charge in [-0.2, -0.15) is 0 Å². The molecule has 24 heavy (non-hydrogen) atoms. The van der Waals surface area contributed by atoms with E-state index in [0.717, 1.165) is 10.9 Å². The van der Waals surface area contributed by atoms with Crippen LogP contribution >= 0.6 is 0 Å². The Kier molecular flexibility index (Phi) is 4.64. The highest BCUT2D eigenvalue weighted by atomic mass is 16.2. The predicted molar refractivity (Wildman–Crippen MR) is 90.6 cm³/mol. The highest BCUT2D eigenvalue weighted by Crippen LogP contribution is 2.16. The zero-order chi connectivity index (χ0) is 17.1. The third kappa shape index (κ3) is 3.32. The van der Waals surface area contributed by atoms with E-state index in [4.69, 9.17) is 0 Å². The fraction of sp³-hybridized carbons (Fsp3) is 0.389. The van der Waals surface area contributed by atoms with Crippen molar-refractivity contribution in [1.82, 2.24) is 14.4 Å².